The number of ether oxygens (including phenoxy) is 1. The Morgan fingerprint density at radius 3 is 2.61 bits per heavy atom. The Kier molecular flexibility index (Phi) is 7.08. The van der Waals surface area contributed by atoms with Gasteiger partial charge in [-0.1, -0.05) is 38.1 Å². The van der Waals surface area contributed by atoms with Crippen LogP contribution in [0.5, 0.6) is 5.88 Å². The lowest BCUT2D eigenvalue weighted by molar-refractivity contribution is 0.0462. The number of hydrogen-bond donors (Lipinski definition) is 0. The lowest BCUT2D eigenvalue weighted by Gasteiger charge is -2.44. The van der Waals surface area contributed by atoms with Crippen molar-refractivity contribution in [2.24, 2.45) is 0 Å². The molecule has 1 aromatic heterocycles. The molecule has 1 unspecified atom stereocenters. The van der Waals surface area contributed by atoms with E-state index in [0.29, 0.717) is 24.6 Å². The topological polar surface area (TPSA) is 28.6 Å². The number of rotatable bonds is 7. The van der Waals surface area contributed by atoms with Crippen molar-refractivity contribution in [3.8, 4) is 5.88 Å². The van der Waals surface area contributed by atoms with E-state index in [-0.39, 0.29) is 0 Å². The molecule has 0 saturated carbocycles. The van der Waals surface area contributed by atoms with E-state index in [0.717, 1.165) is 32.1 Å². The molecular weight excluding hydrogens is 346 g/mol. The van der Waals surface area contributed by atoms with Crippen LogP contribution in [0.2, 0.25) is 0 Å². The van der Waals surface area contributed by atoms with Gasteiger partial charge in [-0.3, -0.25) is 9.80 Å². The molecule has 2 heterocycles. The highest BCUT2D eigenvalue weighted by Gasteiger charge is 2.31. The highest BCUT2D eigenvalue weighted by molar-refractivity contribution is 5.33. The third kappa shape index (κ3) is 4.92. The maximum atomic E-state index is 5.58. The fourth-order valence-corrected chi connectivity index (χ4v) is 4.27. The van der Waals surface area contributed by atoms with Crippen LogP contribution in [0.1, 0.15) is 63.3 Å². The van der Waals surface area contributed by atoms with Crippen molar-refractivity contribution in [1.29, 1.82) is 0 Å². The minimum Gasteiger partial charge on any atom is -0.478 e. The normalized spacial score (nSPS) is 18.8. The van der Waals surface area contributed by atoms with Crippen LogP contribution in [0, 0.1) is 0 Å². The number of hydrogen-bond acceptors (Lipinski definition) is 4. The van der Waals surface area contributed by atoms with Gasteiger partial charge in [0.05, 0.1) is 6.61 Å². The molecule has 0 aliphatic carbocycles. The Labute approximate surface area is 170 Å². The van der Waals surface area contributed by atoms with Gasteiger partial charge >= 0.3 is 0 Å². The summed E-state index contributed by atoms with van der Waals surface area (Å²) in [5, 5.41) is 0. The van der Waals surface area contributed by atoms with Gasteiger partial charge in [-0.15, -0.1) is 0 Å². The quantitative estimate of drug-likeness (QED) is 0.684. The second-order valence-corrected chi connectivity index (χ2v) is 8.30. The summed E-state index contributed by atoms with van der Waals surface area (Å²) >= 11 is 0. The first-order chi connectivity index (χ1) is 13.5. The van der Waals surface area contributed by atoms with Gasteiger partial charge in [0.1, 0.15) is 0 Å². The third-order valence-electron chi connectivity index (χ3n) is 5.64. The van der Waals surface area contributed by atoms with Gasteiger partial charge in [0.25, 0.3) is 0 Å². The largest absolute Gasteiger partial charge is 0.478 e. The summed E-state index contributed by atoms with van der Waals surface area (Å²) < 4.78 is 5.58. The predicted molar refractivity (Wildman–Crippen MR) is 116 cm³/mol. The molecule has 28 heavy (non-hydrogen) atoms. The van der Waals surface area contributed by atoms with E-state index >= 15 is 0 Å². The van der Waals surface area contributed by atoms with Crippen molar-refractivity contribution in [2.75, 3.05) is 26.2 Å². The van der Waals surface area contributed by atoms with Gasteiger partial charge in [0, 0.05) is 50.5 Å². The van der Waals surface area contributed by atoms with Crippen LogP contribution in [0.15, 0.2) is 42.6 Å². The second kappa shape index (κ2) is 9.53. The number of nitrogens with zero attached hydrogens (tertiary/aromatic N) is 3. The second-order valence-electron chi connectivity index (χ2n) is 8.30. The molecule has 152 valence electrons. The smallest absolute Gasteiger partial charge is 0.213 e. The summed E-state index contributed by atoms with van der Waals surface area (Å²) in [6, 6.07) is 14.1. The van der Waals surface area contributed by atoms with Gasteiger partial charge in [-0.05, 0) is 49.4 Å². The maximum Gasteiger partial charge on any atom is 0.213 e. The summed E-state index contributed by atoms with van der Waals surface area (Å²) in [6.45, 7) is 16.0. The van der Waals surface area contributed by atoms with E-state index < -0.39 is 0 Å². The molecule has 2 aromatic rings. The van der Waals surface area contributed by atoms with Crippen molar-refractivity contribution in [3.05, 3.63) is 59.3 Å². The van der Waals surface area contributed by atoms with E-state index in [1.54, 1.807) is 0 Å². The Morgan fingerprint density at radius 1 is 1.11 bits per heavy atom. The van der Waals surface area contributed by atoms with Gasteiger partial charge in [-0.25, -0.2) is 4.98 Å². The van der Waals surface area contributed by atoms with Gasteiger partial charge < -0.3 is 4.74 Å². The van der Waals surface area contributed by atoms with E-state index in [4.69, 9.17) is 4.74 Å². The zero-order valence-electron chi connectivity index (χ0n) is 18.1. The monoisotopic (exact) mass is 381 g/mol. The molecule has 1 saturated heterocycles. The fraction of sp³-hybridized carbons (Fsp3) is 0.542. The highest BCUT2D eigenvalue weighted by Crippen LogP contribution is 2.33. The van der Waals surface area contributed by atoms with Crippen LogP contribution in [0.25, 0.3) is 0 Å². The fourth-order valence-electron chi connectivity index (χ4n) is 4.27. The van der Waals surface area contributed by atoms with E-state index in [2.05, 4.69) is 78.9 Å². The van der Waals surface area contributed by atoms with Crippen LogP contribution in [-0.4, -0.2) is 47.1 Å². The molecule has 1 aliphatic rings. The molecule has 3 rings (SSSR count). The van der Waals surface area contributed by atoms with Gasteiger partial charge in [0.2, 0.25) is 5.88 Å². The Balaban J connectivity index is 1.82. The van der Waals surface area contributed by atoms with Crippen molar-refractivity contribution in [2.45, 2.75) is 59.2 Å². The predicted octanol–water partition coefficient (Wildman–Crippen LogP) is 4.87. The summed E-state index contributed by atoms with van der Waals surface area (Å²) in [7, 11) is 0. The molecule has 1 aliphatic heterocycles. The summed E-state index contributed by atoms with van der Waals surface area (Å²) in [5.74, 6) is 1.26. The zero-order valence-corrected chi connectivity index (χ0v) is 18.1. The molecule has 0 spiro atoms. The summed E-state index contributed by atoms with van der Waals surface area (Å²) in [6.07, 6.45) is 1.86. The van der Waals surface area contributed by atoms with Gasteiger partial charge in [0.15, 0.2) is 0 Å². The molecular formula is C24H35N3O. The number of piperazine rings is 1. The van der Waals surface area contributed by atoms with E-state index in [1.165, 1.54) is 16.7 Å². The average Bonchev–Trinajstić information content (AvgIpc) is 2.68. The molecule has 0 N–H and O–H groups in total. The van der Waals surface area contributed by atoms with E-state index in [9.17, 15) is 0 Å². The van der Waals surface area contributed by atoms with Crippen LogP contribution in [0.4, 0.5) is 0 Å². The lowest BCUT2D eigenvalue weighted by Crippen LogP contribution is -2.50. The Bertz CT molecular complexity index is 759. The highest BCUT2D eigenvalue weighted by atomic mass is 16.5. The zero-order chi connectivity index (χ0) is 20.1. The van der Waals surface area contributed by atoms with Crippen LogP contribution in [-0.2, 0) is 6.54 Å². The first-order valence-electron chi connectivity index (χ1n) is 10.6. The van der Waals surface area contributed by atoms with Crippen molar-refractivity contribution in [1.82, 2.24) is 14.8 Å². The number of benzene rings is 1. The third-order valence-corrected chi connectivity index (χ3v) is 5.64. The summed E-state index contributed by atoms with van der Waals surface area (Å²) in [4.78, 5) is 9.54. The maximum absolute atomic E-state index is 5.58. The van der Waals surface area contributed by atoms with Crippen molar-refractivity contribution in [3.63, 3.8) is 0 Å². The van der Waals surface area contributed by atoms with Gasteiger partial charge in [-0.2, -0.15) is 0 Å². The molecule has 1 aromatic carbocycles. The molecule has 0 bridgehead atoms. The SMILES string of the molecule is CCOc1cc(CN2CCN(C(C)C)C(c3ccccc3C(C)C)C2)ccn1. The molecule has 4 nitrogen and oxygen atoms in total. The molecule has 0 amide bonds. The van der Waals surface area contributed by atoms with Crippen molar-refractivity contribution >= 4 is 0 Å². The number of pyridine rings is 1. The van der Waals surface area contributed by atoms with Crippen LogP contribution >= 0.6 is 0 Å². The number of aromatic nitrogens is 1. The lowest BCUT2D eigenvalue weighted by atomic mass is 9.90. The first kappa shape index (κ1) is 20.8. The molecule has 1 atom stereocenters. The average molecular weight is 382 g/mol. The van der Waals surface area contributed by atoms with Crippen LogP contribution in [0.3, 0.4) is 0 Å². The molecule has 4 heteroatoms. The standard InChI is InChI=1S/C24H35N3O/c1-6-28-24-15-20(11-12-25-24)16-26-13-14-27(19(4)5)23(17-26)22-10-8-7-9-21(22)18(2)3/h7-12,15,18-19,23H,6,13-14,16-17H2,1-5H3. The Morgan fingerprint density at radius 2 is 1.89 bits per heavy atom. The van der Waals surface area contributed by atoms with Crippen LogP contribution < -0.4 is 4.74 Å². The van der Waals surface area contributed by atoms with Crippen molar-refractivity contribution < 1.29 is 4.74 Å². The Hall–Kier alpha value is -1.91. The van der Waals surface area contributed by atoms with E-state index in [1.807, 2.05) is 13.1 Å². The first-order valence-corrected chi connectivity index (χ1v) is 10.6. The molecule has 0 radical (unpaired) electrons. The minimum atomic E-state index is 0.431. The summed E-state index contributed by atoms with van der Waals surface area (Å²) in [5.41, 5.74) is 4.23. The minimum absolute atomic E-state index is 0.431. The molecule has 1 fully saturated rings.